The van der Waals surface area contributed by atoms with Crippen molar-refractivity contribution < 1.29 is 14.3 Å². The second-order valence-corrected chi connectivity index (χ2v) is 3.90. The molecule has 0 amide bonds. The molecule has 84 valence electrons. The molecule has 1 aromatic rings. The van der Waals surface area contributed by atoms with E-state index in [4.69, 9.17) is 9.47 Å². The van der Waals surface area contributed by atoms with E-state index >= 15 is 0 Å². The van der Waals surface area contributed by atoms with Crippen LogP contribution in [0.15, 0.2) is 42.5 Å². The zero-order chi connectivity index (χ0) is 11.6. The fourth-order valence-corrected chi connectivity index (χ4v) is 1.99. The van der Waals surface area contributed by atoms with Crippen LogP contribution in [0, 0.1) is 0 Å². The average Bonchev–Trinajstić information content (AvgIpc) is 2.73. The van der Waals surface area contributed by atoms with Crippen molar-refractivity contribution in [2.75, 3.05) is 13.7 Å². The van der Waals surface area contributed by atoms with Crippen molar-refractivity contribution in [3.8, 4) is 0 Å². The second-order valence-electron chi connectivity index (χ2n) is 3.90. The fourth-order valence-electron chi connectivity index (χ4n) is 1.99. The number of methoxy groups -OCH3 is 1. The Morgan fingerprint density at radius 3 is 2.62 bits per heavy atom. The maximum Gasteiger partial charge on any atom is 0.343 e. The van der Waals surface area contributed by atoms with Gasteiger partial charge in [-0.3, -0.25) is 0 Å². The Bertz CT molecular complexity index is 410. The van der Waals surface area contributed by atoms with Crippen molar-refractivity contribution in [2.24, 2.45) is 0 Å². The van der Waals surface area contributed by atoms with Gasteiger partial charge in [-0.05, 0) is 11.1 Å². The lowest BCUT2D eigenvalue weighted by Gasteiger charge is -2.25. The number of carbonyl (C=O) groups excluding carboxylic acids is 1. The zero-order valence-electron chi connectivity index (χ0n) is 9.23. The molecule has 1 aliphatic heterocycles. The van der Waals surface area contributed by atoms with Gasteiger partial charge in [0.15, 0.2) is 5.60 Å². The van der Waals surface area contributed by atoms with Gasteiger partial charge in [-0.1, -0.05) is 36.9 Å². The summed E-state index contributed by atoms with van der Waals surface area (Å²) in [5.41, 5.74) is 0.738. The summed E-state index contributed by atoms with van der Waals surface area (Å²) < 4.78 is 10.5. The van der Waals surface area contributed by atoms with Gasteiger partial charge in [-0.15, -0.1) is 0 Å². The smallest absolute Gasteiger partial charge is 0.343 e. The fraction of sp³-hybridized carbons (Fsp3) is 0.308. The van der Waals surface area contributed by atoms with E-state index in [1.54, 1.807) is 0 Å². The Morgan fingerprint density at radius 2 is 2.12 bits per heavy atom. The second kappa shape index (κ2) is 4.10. The monoisotopic (exact) mass is 218 g/mol. The SMILES string of the molecule is C=C1COC(C(=O)OC)(c2ccccc2)C1. The maximum atomic E-state index is 11.9. The van der Waals surface area contributed by atoms with E-state index in [1.807, 2.05) is 30.3 Å². The number of hydrogen-bond acceptors (Lipinski definition) is 3. The van der Waals surface area contributed by atoms with Crippen LogP contribution in [0.3, 0.4) is 0 Å². The number of benzene rings is 1. The van der Waals surface area contributed by atoms with E-state index < -0.39 is 5.60 Å². The molecule has 1 saturated heterocycles. The van der Waals surface area contributed by atoms with Gasteiger partial charge >= 0.3 is 5.97 Å². The molecular weight excluding hydrogens is 204 g/mol. The van der Waals surface area contributed by atoms with Gasteiger partial charge in [0.05, 0.1) is 13.7 Å². The van der Waals surface area contributed by atoms with E-state index in [9.17, 15) is 4.79 Å². The van der Waals surface area contributed by atoms with Gasteiger partial charge < -0.3 is 9.47 Å². The van der Waals surface area contributed by atoms with E-state index in [0.29, 0.717) is 13.0 Å². The topological polar surface area (TPSA) is 35.5 Å². The lowest BCUT2D eigenvalue weighted by atomic mass is 9.90. The molecule has 0 aliphatic carbocycles. The quantitative estimate of drug-likeness (QED) is 0.563. The minimum atomic E-state index is -0.993. The van der Waals surface area contributed by atoms with E-state index in [-0.39, 0.29) is 5.97 Å². The van der Waals surface area contributed by atoms with E-state index in [2.05, 4.69) is 6.58 Å². The Hall–Kier alpha value is -1.61. The molecule has 0 saturated carbocycles. The molecule has 0 N–H and O–H groups in total. The third-order valence-electron chi connectivity index (χ3n) is 2.78. The van der Waals surface area contributed by atoms with Gasteiger partial charge in [0.1, 0.15) is 0 Å². The summed E-state index contributed by atoms with van der Waals surface area (Å²) in [6.07, 6.45) is 0.490. The Morgan fingerprint density at radius 1 is 1.44 bits per heavy atom. The summed E-state index contributed by atoms with van der Waals surface area (Å²) in [5, 5.41) is 0. The first-order valence-corrected chi connectivity index (χ1v) is 5.13. The summed E-state index contributed by atoms with van der Waals surface area (Å²) in [5.74, 6) is -0.364. The molecule has 3 nitrogen and oxygen atoms in total. The van der Waals surface area contributed by atoms with Crippen LogP contribution in [0.25, 0.3) is 0 Å². The van der Waals surface area contributed by atoms with Crippen LogP contribution in [-0.4, -0.2) is 19.7 Å². The van der Waals surface area contributed by atoms with Crippen molar-refractivity contribution in [3.05, 3.63) is 48.0 Å². The molecule has 0 spiro atoms. The third-order valence-corrected chi connectivity index (χ3v) is 2.78. The molecule has 1 heterocycles. The van der Waals surface area contributed by atoms with Crippen LogP contribution in [0.1, 0.15) is 12.0 Å². The highest BCUT2D eigenvalue weighted by Gasteiger charge is 2.46. The van der Waals surface area contributed by atoms with E-state index in [0.717, 1.165) is 11.1 Å². The van der Waals surface area contributed by atoms with Crippen molar-refractivity contribution in [2.45, 2.75) is 12.0 Å². The summed E-state index contributed by atoms with van der Waals surface area (Å²) >= 11 is 0. The number of ether oxygens (including phenoxy) is 2. The van der Waals surface area contributed by atoms with Gasteiger partial charge in [0.25, 0.3) is 0 Å². The summed E-state index contributed by atoms with van der Waals surface area (Å²) in [7, 11) is 1.37. The molecule has 0 bridgehead atoms. The van der Waals surface area contributed by atoms with Crippen molar-refractivity contribution in [1.29, 1.82) is 0 Å². The summed E-state index contributed by atoms with van der Waals surface area (Å²) in [6.45, 7) is 4.27. The molecule has 1 fully saturated rings. The molecule has 3 heteroatoms. The third kappa shape index (κ3) is 1.63. The summed E-state index contributed by atoms with van der Waals surface area (Å²) in [4.78, 5) is 11.9. The molecule has 1 unspecified atom stereocenters. The number of rotatable bonds is 2. The molecular formula is C13H14O3. The van der Waals surface area contributed by atoms with Gasteiger partial charge in [-0.25, -0.2) is 4.79 Å². The molecule has 0 radical (unpaired) electrons. The van der Waals surface area contributed by atoms with Gasteiger partial charge in [-0.2, -0.15) is 0 Å². The largest absolute Gasteiger partial charge is 0.467 e. The predicted octanol–water partition coefficient (Wildman–Crippen LogP) is 2.03. The highest BCUT2D eigenvalue weighted by molar-refractivity contribution is 5.82. The molecule has 0 aromatic heterocycles. The van der Waals surface area contributed by atoms with Crippen LogP contribution in [0.2, 0.25) is 0 Å². The van der Waals surface area contributed by atoms with Crippen LogP contribution in [0.4, 0.5) is 0 Å². The van der Waals surface area contributed by atoms with Crippen LogP contribution in [-0.2, 0) is 19.9 Å². The first kappa shape index (κ1) is 10.9. The standard InChI is InChI=1S/C13H14O3/c1-10-8-13(16-9-10,12(14)15-2)11-6-4-3-5-7-11/h3-7H,1,8-9H2,2H3. The van der Waals surface area contributed by atoms with Crippen LogP contribution < -0.4 is 0 Å². The first-order chi connectivity index (χ1) is 7.69. The van der Waals surface area contributed by atoms with Crippen LogP contribution >= 0.6 is 0 Å². The zero-order valence-corrected chi connectivity index (χ0v) is 9.23. The lowest BCUT2D eigenvalue weighted by molar-refractivity contribution is -0.165. The molecule has 16 heavy (non-hydrogen) atoms. The first-order valence-electron chi connectivity index (χ1n) is 5.13. The molecule has 1 atom stereocenters. The Labute approximate surface area is 94.7 Å². The van der Waals surface area contributed by atoms with Gasteiger partial charge in [0, 0.05) is 6.42 Å². The highest BCUT2D eigenvalue weighted by atomic mass is 16.6. The predicted molar refractivity (Wildman–Crippen MR) is 59.8 cm³/mol. The van der Waals surface area contributed by atoms with Gasteiger partial charge in [0.2, 0.25) is 0 Å². The number of esters is 1. The van der Waals surface area contributed by atoms with Crippen molar-refractivity contribution in [1.82, 2.24) is 0 Å². The maximum absolute atomic E-state index is 11.9. The summed E-state index contributed by atoms with van der Waals surface area (Å²) in [6, 6.07) is 9.40. The minimum Gasteiger partial charge on any atom is -0.467 e. The number of hydrogen-bond donors (Lipinski definition) is 0. The Balaban J connectivity index is 2.44. The van der Waals surface area contributed by atoms with Crippen LogP contribution in [0.5, 0.6) is 0 Å². The molecule has 1 aromatic carbocycles. The van der Waals surface area contributed by atoms with E-state index in [1.165, 1.54) is 7.11 Å². The molecule has 2 rings (SSSR count). The highest BCUT2D eigenvalue weighted by Crippen LogP contribution is 2.39. The lowest BCUT2D eigenvalue weighted by Crippen LogP contribution is -2.36. The minimum absolute atomic E-state index is 0.364. The average molecular weight is 218 g/mol. The molecule has 1 aliphatic rings. The normalized spacial score (nSPS) is 24.4. The van der Waals surface area contributed by atoms with Crippen molar-refractivity contribution in [3.63, 3.8) is 0 Å². The number of carbonyl (C=O) groups is 1. The Kier molecular flexibility index (Phi) is 2.79. The van der Waals surface area contributed by atoms with Crippen molar-refractivity contribution >= 4 is 5.97 Å².